The van der Waals surface area contributed by atoms with Gasteiger partial charge >= 0.3 is 5.91 Å². The first kappa shape index (κ1) is 16.9. The van der Waals surface area contributed by atoms with Gasteiger partial charge in [-0.25, -0.2) is 5.48 Å². The van der Waals surface area contributed by atoms with Crippen LogP contribution in [-0.2, 0) is 4.79 Å². The molecule has 1 amide bonds. The van der Waals surface area contributed by atoms with Crippen molar-refractivity contribution in [2.24, 2.45) is 0 Å². The molecule has 0 radical (unpaired) electrons. The summed E-state index contributed by atoms with van der Waals surface area (Å²) in [4.78, 5) is 22.8. The van der Waals surface area contributed by atoms with E-state index in [2.05, 4.69) is 0 Å². The number of fused-ring (bicyclic) bond motifs is 1. The topological polar surface area (TPSA) is 84.9 Å². The highest BCUT2D eigenvalue weighted by atomic mass is 32.1. The summed E-state index contributed by atoms with van der Waals surface area (Å²) in [6.45, 7) is 0.643. The maximum absolute atomic E-state index is 11.6. The van der Waals surface area contributed by atoms with Gasteiger partial charge in [0, 0.05) is 0 Å². The summed E-state index contributed by atoms with van der Waals surface area (Å²) in [6, 6.07) is 16.9. The molecule has 128 valence electrons. The van der Waals surface area contributed by atoms with Crippen molar-refractivity contribution in [3.8, 4) is 10.8 Å². The number of hydrogen-bond donors (Lipinski definition) is 2. The summed E-state index contributed by atoms with van der Waals surface area (Å²) >= 11 is 1.03. The summed E-state index contributed by atoms with van der Waals surface area (Å²) in [5.74, 6) is -1.13. The van der Waals surface area contributed by atoms with Crippen molar-refractivity contribution in [3.05, 3.63) is 59.5 Å². The quantitative estimate of drug-likeness (QED) is 0.223. The summed E-state index contributed by atoms with van der Waals surface area (Å²) in [6.07, 6.45) is 0. The molecule has 3 rings (SSSR count). The Bertz CT molecular complexity index is 905. The molecule has 0 spiro atoms. The molecule has 0 atom stereocenters. The number of rotatable bonds is 7. The second kappa shape index (κ2) is 7.78. The molecule has 25 heavy (non-hydrogen) atoms. The van der Waals surface area contributed by atoms with Gasteiger partial charge in [0.25, 0.3) is 5.78 Å². The number of nitrogens with one attached hydrogen (secondary N) is 1. The molecule has 7 heteroatoms. The first-order valence-corrected chi connectivity index (χ1v) is 8.32. The minimum atomic E-state index is -1.08. The van der Waals surface area contributed by atoms with Crippen molar-refractivity contribution >= 4 is 33.8 Å². The third-order valence-electron chi connectivity index (χ3n) is 3.43. The Kier molecular flexibility index (Phi) is 5.27. The zero-order valence-electron chi connectivity index (χ0n) is 13.1. The summed E-state index contributed by atoms with van der Waals surface area (Å²) in [5, 5.41) is 11.2. The Hall–Kier alpha value is -2.90. The van der Waals surface area contributed by atoms with E-state index in [0.29, 0.717) is 18.3 Å². The van der Waals surface area contributed by atoms with Crippen molar-refractivity contribution < 1.29 is 24.3 Å². The zero-order valence-corrected chi connectivity index (χ0v) is 13.9. The molecule has 0 aliphatic rings. The van der Waals surface area contributed by atoms with Crippen LogP contribution in [-0.4, -0.2) is 30.1 Å². The smallest absolute Gasteiger partial charge is 0.316 e. The fraction of sp³-hybridized carbons (Fsp3) is 0.111. The highest BCUT2D eigenvalue weighted by Gasteiger charge is 2.17. The zero-order chi connectivity index (χ0) is 17.6. The Morgan fingerprint density at radius 1 is 0.960 bits per heavy atom. The predicted octanol–water partition coefficient (Wildman–Crippen LogP) is 3.05. The molecule has 1 aromatic heterocycles. The first-order valence-electron chi connectivity index (χ1n) is 7.50. The van der Waals surface area contributed by atoms with Crippen LogP contribution in [0, 0.1) is 0 Å². The molecule has 0 aliphatic heterocycles. The van der Waals surface area contributed by atoms with Gasteiger partial charge in [-0.1, -0.05) is 41.7 Å². The van der Waals surface area contributed by atoms with Crippen molar-refractivity contribution in [2.45, 2.75) is 0 Å². The van der Waals surface area contributed by atoms with Gasteiger partial charge in [0.05, 0.1) is 4.88 Å². The van der Waals surface area contributed by atoms with Gasteiger partial charge in [-0.15, -0.1) is 0 Å². The van der Waals surface area contributed by atoms with E-state index in [1.54, 1.807) is 6.07 Å². The van der Waals surface area contributed by atoms with Crippen molar-refractivity contribution in [1.82, 2.24) is 5.48 Å². The van der Waals surface area contributed by atoms with E-state index in [4.69, 9.17) is 14.7 Å². The number of hydrogen-bond acceptors (Lipinski definition) is 6. The van der Waals surface area contributed by atoms with Crippen LogP contribution in [0.2, 0.25) is 0 Å². The van der Waals surface area contributed by atoms with E-state index in [0.717, 1.165) is 27.9 Å². The molecule has 0 fully saturated rings. The van der Waals surface area contributed by atoms with Crippen LogP contribution >= 0.6 is 11.3 Å². The molecular formula is C18H15NO5S. The van der Waals surface area contributed by atoms with Crippen LogP contribution in [0.25, 0.3) is 10.8 Å². The van der Waals surface area contributed by atoms with Gasteiger partial charge in [-0.05, 0) is 35.0 Å². The summed E-state index contributed by atoms with van der Waals surface area (Å²) < 4.78 is 11.2. The first-order chi connectivity index (χ1) is 12.2. The summed E-state index contributed by atoms with van der Waals surface area (Å²) in [7, 11) is 0. The van der Waals surface area contributed by atoms with Gasteiger partial charge in [-0.3, -0.25) is 14.8 Å². The van der Waals surface area contributed by atoms with Crippen LogP contribution in [0.4, 0.5) is 0 Å². The maximum Gasteiger partial charge on any atom is 0.316 e. The highest BCUT2D eigenvalue weighted by Crippen LogP contribution is 2.25. The van der Waals surface area contributed by atoms with Gasteiger partial charge in [0.1, 0.15) is 19.0 Å². The number of hydroxylamine groups is 1. The van der Waals surface area contributed by atoms with E-state index >= 15 is 0 Å². The number of Topliss-reactive ketones (excluding diaryl/α,β-unsaturated/α-hetero) is 1. The van der Waals surface area contributed by atoms with E-state index in [1.165, 1.54) is 11.5 Å². The third kappa shape index (κ3) is 4.14. The lowest BCUT2D eigenvalue weighted by Crippen LogP contribution is -2.27. The van der Waals surface area contributed by atoms with Crippen molar-refractivity contribution in [1.29, 1.82) is 0 Å². The monoisotopic (exact) mass is 357 g/mol. The summed E-state index contributed by atoms with van der Waals surface area (Å²) in [5.41, 5.74) is 1.31. The van der Waals surface area contributed by atoms with E-state index in [-0.39, 0.29) is 4.88 Å². The number of carbonyl (C=O) groups is 2. The van der Waals surface area contributed by atoms with Crippen LogP contribution in [0.5, 0.6) is 10.8 Å². The van der Waals surface area contributed by atoms with Gasteiger partial charge in [0.15, 0.2) is 5.06 Å². The van der Waals surface area contributed by atoms with Crippen molar-refractivity contribution in [3.63, 3.8) is 0 Å². The molecule has 1 heterocycles. The molecule has 0 saturated carbocycles. The average molecular weight is 357 g/mol. The molecule has 2 N–H and O–H groups in total. The molecule has 0 unspecified atom stereocenters. The van der Waals surface area contributed by atoms with Crippen LogP contribution in [0.3, 0.4) is 0 Å². The molecule has 3 aromatic rings. The van der Waals surface area contributed by atoms with Crippen LogP contribution in [0.15, 0.2) is 54.6 Å². The van der Waals surface area contributed by atoms with Crippen LogP contribution < -0.4 is 15.0 Å². The second-order valence-corrected chi connectivity index (χ2v) is 6.14. The van der Waals surface area contributed by atoms with Gasteiger partial charge in [0.2, 0.25) is 0 Å². The number of ether oxygens (including phenoxy) is 2. The minimum Gasteiger partial charge on any atom is -0.490 e. The Morgan fingerprint density at radius 3 is 2.52 bits per heavy atom. The number of ketones is 1. The molecular weight excluding hydrogens is 342 g/mol. The molecule has 0 bridgehead atoms. The highest BCUT2D eigenvalue weighted by molar-refractivity contribution is 7.16. The van der Waals surface area contributed by atoms with Gasteiger partial charge < -0.3 is 9.47 Å². The fourth-order valence-corrected chi connectivity index (χ4v) is 3.06. The normalized spacial score (nSPS) is 10.4. The largest absolute Gasteiger partial charge is 0.490 e. The molecule has 6 nitrogen and oxygen atoms in total. The minimum absolute atomic E-state index is 0.192. The standard InChI is InChI=1S/C18H15NO5S/c20-17(18(21)19-22)15-7-8-16(25-15)24-10-9-23-14-6-5-12-3-1-2-4-13(12)11-14/h1-8,11,22H,9-10H2,(H,19,21). The maximum atomic E-state index is 11.6. The average Bonchev–Trinajstić information content (AvgIpc) is 3.12. The van der Waals surface area contributed by atoms with Gasteiger partial charge in [-0.2, -0.15) is 0 Å². The SMILES string of the molecule is O=C(NO)C(=O)c1ccc(OCCOc2ccc3ccccc3c2)s1. The number of thiophene rings is 1. The van der Waals surface area contributed by atoms with E-state index in [1.807, 2.05) is 42.5 Å². The number of benzene rings is 2. The Labute approximate surface area is 147 Å². The fourth-order valence-electron chi connectivity index (χ4n) is 2.24. The second-order valence-electron chi connectivity index (χ2n) is 5.09. The Morgan fingerprint density at radius 2 is 1.72 bits per heavy atom. The van der Waals surface area contributed by atoms with E-state index in [9.17, 15) is 9.59 Å². The molecule has 0 aliphatic carbocycles. The lowest BCUT2D eigenvalue weighted by molar-refractivity contribution is -0.124. The van der Waals surface area contributed by atoms with E-state index < -0.39 is 11.7 Å². The predicted molar refractivity (Wildman–Crippen MR) is 93.5 cm³/mol. The molecule has 2 aromatic carbocycles. The molecule has 0 saturated heterocycles. The Balaban J connectivity index is 1.50. The third-order valence-corrected chi connectivity index (χ3v) is 4.43. The lowest BCUT2D eigenvalue weighted by Gasteiger charge is -2.08. The lowest BCUT2D eigenvalue weighted by atomic mass is 10.1. The number of carbonyl (C=O) groups excluding carboxylic acids is 2. The van der Waals surface area contributed by atoms with Crippen LogP contribution in [0.1, 0.15) is 9.67 Å². The number of amides is 1. The van der Waals surface area contributed by atoms with Crippen molar-refractivity contribution in [2.75, 3.05) is 13.2 Å².